The summed E-state index contributed by atoms with van der Waals surface area (Å²) in [4.78, 5) is 27.0. The number of carbonyl (C=O) groups is 2. The van der Waals surface area contributed by atoms with E-state index in [1.54, 1.807) is 36.7 Å². The number of carbonyl (C=O) groups excluding carboxylic acids is 2. The third-order valence-electron chi connectivity index (χ3n) is 2.60. The van der Waals surface area contributed by atoms with E-state index >= 15 is 0 Å². The molecule has 2 aromatic rings. The van der Waals surface area contributed by atoms with Crippen molar-refractivity contribution in [3.8, 4) is 0 Å². The third-order valence-corrected chi connectivity index (χ3v) is 2.60. The van der Waals surface area contributed by atoms with Crippen molar-refractivity contribution >= 4 is 28.4 Å². The van der Waals surface area contributed by atoms with E-state index in [9.17, 15) is 9.59 Å². The number of pyridine rings is 1. The van der Waals surface area contributed by atoms with Crippen LogP contribution in [0.15, 0.2) is 24.3 Å². The average molecular weight is 259 g/mol. The van der Waals surface area contributed by atoms with E-state index in [1.165, 1.54) is 6.92 Å². The first-order valence-corrected chi connectivity index (χ1v) is 5.64. The lowest BCUT2D eigenvalue weighted by atomic mass is 10.1. The van der Waals surface area contributed by atoms with Crippen molar-refractivity contribution in [2.75, 3.05) is 5.32 Å². The number of fused-ring (bicyclic) bond motifs is 1. The van der Waals surface area contributed by atoms with E-state index < -0.39 is 5.91 Å². The molecular formula is C13H13N3O3. The standard InChI is InChI=1S/C13H13N3O3/c1-7-5-11(13(18)16-19)10-6-9(15-8(2)17)3-4-12(10)14-7/h3-6,19H,1-2H3,(H,15,17)(H,16,18). The van der Waals surface area contributed by atoms with Crippen LogP contribution in [0.2, 0.25) is 0 Å². The van der Waals surface area contributed by atoms with Crippen molar-refractivity contribution in [3.05, 3.63) is 35.5 Å². The molecule has 3 N–H and O–H groups in total. The van der Waals surface area contributed by atoms with E-state index in [0.717, 1.165) is 0 Å². The van der Waals surface area contributed by atoms with Crippen LogP contribution in [0.4, 0.5) is 5.69 Å². The monoisotopic (exact) mass is 259 g/mol. The summed E-state index contributed by atoms with van der Waals surface area (Å²) in [6.07, 6.45) is 0. The van der Waals surface area contributed by atoms with E-state index in [-0.39, 0.29) is 5.91 Å². The quantitative estimate of drug-likeness (QED) is 0.564. The summed E-state index contributed by atoms with van der Waals surface area (Å²) in [6.45, 7) is 3.16. The summed E-state index contributed by atoms with van der Waals surface area (Å²) in [5.74, 6) is -0.817. The Hall–Kier alpha value is -2.47. The number of aromatic nitrogens is 1. The summed E-state index contributed by atoms with van der Waals surface area (Å²) in [5.41, 5.74) is 3.76. The lowest BCUT2D eigenvalue weighted by Crippen LogP contribution is -2.19. The summed E-state index contributed by atoms with van der Waals surface area (Å²) >= 11 is 0. The maximum Gasteiger partial charge on any atom is 0.275 e. The molecule has 98 valence electrons. The number of aryl methyl sites for hydroxylation is 1. The number of rotatable bonds is 2. The van der Waals surface area contributed by atoms with Crippen molar-refractivity contribution in [2.45, 2.75) is 13.8 Å². The van der Waals surface area contributed by atoms with Gasteiger partial charge in [0.2, 0.25) is 5.91 Å². The molecule has 0 spiro atoms. The van der Waals surface area contributed by atoms with Gasteiger partial charge in [0.05, 0.1) is 11.1 Å². The minimum Gasteiger partial charge on any atom is -0.326 e. The molecular weight excluding hydrogens is 246 g/mol. The summed E-state index contributed by atoms with van der Waals surface area (Å²) in [6, 6.07) is 6.64. The predicted octanol–water partition coefficient (Wildman–Crippen LogP) is 1.62. The number of nitrogens with one attached hydrogen (secondary N) is 2. The zero-order chi connectivity index (χ0) is 14.0. The molecule has 1 aromatic carbocycles. The molecule has 0 atom stereocenters. The Labute approximate surface area is 109 Å². The van der Waals surface area contributed by atoms with Gasteiger partial charge in [-0.25, -0.2) is 5.48 Å². The normalized spacial score (nSPS) is 10.3. The summed E-state index contributed by atoms with van der Waals surface area (Å²) in [7, 11) is 0. The van der Waals surface area contributed by atoms with Crippen LogP contribution in [0.5, 0.6) is 0 Å². The Morgan fingerprint density at radius 2 is 2.00 bits per heavy atom. The van der Waals surface area contributed by atoms with Gasteiger partial charge in [-0.1, -0.05) is 0 Å². The second-order valence-electron chi connectivity index (χ2n) is 4.17. The number of hydroxylamine groups is 1. The van der Waals surface area contributed by atoms with Gasteiger partial charge >= 0.3 is 0 Å². The smallest absolute Gasteiger partial charge is 0.275 e. The van der Waals surface area contributed by atoms with Crippen LogP contribution in [0.3, 0.4) is 0 Å². The van der Waals surface area contributed by atoms with Crippen LogP contribution in [0.1, 0.15) is 23.0 Å². The number of amides is 2. The molecule has 0 aliphatic rings. The molecule has 0 unspecified atom stereocenters. The first-order chi connectivity index (χ1) is 9.01. The predicted molar refractivity (Wildman–Crippen MR) is 70.0 cm³/mol. The van der Waals surface area contributed by atoms with E-state index in [1.807, 2.05) is 0 Å². The van der Waals surface area contributed by atoms with Gasteiger partial charge in [0.25, 0.3) is 5.91 Å². The van der Waals surface area contributed by atoms with Crippen LogP contribution >= 0.6 is 0 Å². The SMILES string of the molecule is CC(=O)Nc1ccc2nc(C)cc(C(=O)NO)c2c1. The van der Waals surface area contributed by atoms with Gasteiger partial charge in [-0.15, -0.1) is 0 Å². The Morgan fingerprint density at radius 1 is 1.26 bits per heavy atom. The van der Waals surface area contributed by atoms with Crippen molar-refractivity contribution in [2.24, 2.45) is 0 Å². The fraction of sp³-hybridized carbons (Fsp3) is 0.154. The summed E-state index contributed by atoms with van der Waals surface area (Å²) < 4.78 is 0. The second kappa shape index (κ2) is 5.03. The number of anilines is 1. The lowest BCUT2D eigenvalue weighted by Gasteiger charge is -2.08. The third kappa shape index (κ3) is 2.69. The Morgan fingerprint density at radius 3 is 2.63 bits per heavy atom. The fourth-order valence-electron chi connectivity index (χ4n) is 1.89. The second-order valence-corrected chi connectivity index (χ2v) is 4.17. The van der Waals surface area contributed by atoms with Crippen LogP contribution in [0, 0.1) is 6.92 Å². The average Bonchev–Trinajstić information content (AvgIpc) is 2.36. The van der Waals surface area contributed by atoms with E-state index in [0.29, 0.717) is 27.8 Å². The minimum absolute atomic E-state index is 0.201. The molecule has 0 radical (unpaired) electrons. The van der Waals surface area contributed by atoms with Gasteiger partial charge in [-0.05, 0) is 31.2 Å². The zero-order valence-electron chi connectivity index (χ0n) is 10.5. The molecule has 0 aliphatic carbocycles. The molecule has 2 rings (SSSR count). The molecule has 19 heavy (non-hydrogen) atoms. The molecule has 1 heterocycles. The number of benzene rings is 1. The molecule has 6 heteroatoms. The van der Waals surface area contributed by atoms with Crippen molar-refractivity contribution in [1.29, 1.82) is 0 Å². The topological polar surface area (TPSA) is 91.3 Å². The molecule has 0 saturated heterocycles. The summed E-state index contributed by atoms with van der Waals surface area (Å²) in [5, 5.41) is 12.0. The molecule has 0 saturated carbocycles. The first kappa shape index (κ1) is 13.0. The van der Waals surface area contributed by atoms with Gasteiger partial charge in [0.1, 0.15) is 0 Å². The van der Waals surface area contributed by atoms with Crippen LogP contribution in [-0.4, -0.2) is 22.0 Å². The van der Waals surface area contributed by atoms with E-state index in [2.05, 4.69) is 10.3 Å². The highest BCUT2D eigenvalue weighted by Crippen LogP contribution is 2.22. The lowest BCUT2D eigenvalue weighted by molar-refractivity contribution is -0.114. The van der Waals surface area contributed by atoms with Crippen molar-refractivity contribution in [1.82, 2.24) is 10.5 Å². The van der Waals surface area contributed by atoms with Crippen molar-refractivity contribution < 1.29 is 14.8 Å². The van der Waals surface area contributed by atoms with Gasteiger partial charge < -0.3 is 5.32 Å². The Balaban J connectivity index is 2.64. The van der Waals surface area contributed by atoms with Crippen LogP contribution < -0.4 is 10.8 Å². The minimum atomic E-state index is -0.615. The van der Waals surface area contributed by atoms with Gasteiger partial charge in [0, 0.05) is 23.7 Å². The molecule has 2 amide bonds. The fourth-order valence-corrected chi connectivity index (χ4v) is 1.89. The zero-order valence-corrected chi connectivity index (χ0v) is 10.5. The van der Waals surface area contributed by atoms with Gasteiger partial charge in [0.15, 0.2) is 0 Å². The first-order valence-electron chi connectivity index (χ1n) is 5.64. The molecule has 6 nitrogen and oxygen atoms in total. The number of hydrogen-bond acceptors (Lipinski definition) is 4. The highest BCUT2D eigenvalue weighted by Gasteiger charge is 2.12. The molecule has 0 fully saturated rings. The van der Waals surface area contributed by atoms with Crippen LogP contribution in [-0.2, 0) is 4.79 Å². The van der Waals surface area contributed by atoms with Gasteiger partial charge in [-0.3, -0.25) is 19.8 Å². The largest absolute Gasteiger partial charge is 0.326 e. The highest BCUT2D eigenvalue weighted by atomic mass is 16.5. The maximum atomic E-state index is 11.6. The Bertz CT molecular complexity index is 667. The maximum absolute atomic E-state index is 11.6. The highest BCUT2D eigenvalue weighted by molar-refractivity contribution is 6.07. The molecule has 0 aliphatic heterocycles. The Kier molecular flexibility index (Phi) is 3.43. The van der Waals surface area contributed by atoms with E-state index in [4.69, 9.17) is 5.21 Å². The van der Waals surface area contributed by atoms with Crippen LogP contribution in [0.25, 0.3) is 10.9 Å². The molecule has 1 aromatic heterocycles. The van der Waals surface area contributed by atoms with Crippen molar-refractivity contribution in [3.63, 3.8) is 0 Å². The molecule has 0 bridgehead atoms. The number of nitrogens with zero attached hydrogens (tertiary/aromatic N) is 1. The van der Waals surface area contributed by atoms with Gasteiger partial charge in [-0.2, -0.15) is 0 Å². The number of hydrogen-bond donors (Lipinski definition) is 3.